The van der Waals surface area contributed by atoms with Gasteiger partial charge in [0, 0.05) is 10.0 Å². The number of rotatable bonds is 6. The highest BCUT2D eigenvalue weighted by atomic mass is 35.5. The maximum atomic E-state index is 11.7. The van der Waals surface area contributed by atoms with Crippen LogP contribution in [-0.2, 0) is 11.2 Å². The molecule has 0 radical (unpaired) electrons. The first-order valence-corrected chi connectivity index (χ1v) is 7.67. The van der Waals surface area contributed by atoms with Crippen LogP contribution in [0.5, 0.6) is 5.75 Å². The van der Waals surface area contributed by atoms with E-state index in [1.165, 1.54) is 0 Å². The summed E-state index contributed by atoms with van der Waals surface area (Å²) in [6, 6.07) is 12.3. The molecule has 22 heavy (non-hydrogen) atoms. The monoisotopic (exact) mass is 338 g/mol. The molecular weight excluding hydrogens is 323 g/mol. The van der Waals surface area contributed by atoms with E-state index in [0.717, 1.165) is 5.56 Å². The van der Waals surface area contributed by atoms with Crippen molar-refractivity contribution in [2.24, 2.45) is 0 Å². The van der Waals surface area contributed by atoms with Gasteiger partial charge in [-0.05, 0) is 48.7 Å². The van der Waals surface area contributed by atoms with Crippen molar-refractivity contribution in [1.29, 1.82) is 0 Å². The smallest absolute Gasteiger partial charge is 0.311 e. The molecule has 0 aliphatic carbocycles. The lowest BCUT2D eigenvalue weighted by atomic mass is 9.91. The zero-order valence-corrected chi connectivity index (χ0v) is 13.6. The molecule has 3 nitrogen and oxygen atoms in total. The fourth-order valence-electron chi connectivity index (χ4n) is 2.30. The molecule has 2 aromatic carbocycles. The van der Waals surface area contributed by atoms with Crippen LogP contribution in [-0.4, -0.2) is 17.7 Å². The Morgan fingerprint density at radius 1 is 1.23 bits per heavy atom. The molecule has 0 saturated carbocycles. The molecule has 0 fully saturated rings. The second-order valence-corrected chi connectivity index (χ2v) is 5.65. The van der Waals surface area contributed by atoms with E-state index in [2.05, 4.69) is 0 Å². The maximum Gasteiger partial charge on any atom is 0.311 e. The lowest BCUT2D eigenvalue weighted by Gasteiger charge is -2.17. The van der Waals surface area contributed by atoms with Crippen LogP contribution in [0.1, 0.15) is 24.0 Å². The number of carboxylic acid groups (broad SMARTS) is 1. The molecule has 2 aromatic rings. The van der Waals surface area contributed by atoms with Crippen LogP contribution in [0.2, 0.25) is 10.0 Å². The Morgan fingerprint density at radius 3 is 2.64 bits per heavy atom. The first-order valence-electron chi connectivity index (χ1n) is 6.91. The molecule has 1 atom stereocenters. The fourth-order valence-corrected chi connectivity index (χ4v) is 2.73. The van der Waals surface area contributed by atoms with Crippen molar-refractivity contribution in [2.75, 3.05) is 6.61 Å². The lowest BCUT2D eigenvalue weighted by Crippen LogP contribution is -2.15. The minimum absolute atomic E-state index is 0.283. The lowest BCUT2D eigenvalue weighted by molar-refractivity contribution is -0.138. The van der Waals surface area contributed by atoms with E-state index in [9.17, 15) is 9.90 Å². The van der Waals surface area contributed by atoms with E-state index >= 15 is 0 Å². The molecule has 116 valence electrons. The van der Waals surface area contributed by atoms with E-state index < -0.39 is 11.9 Å². The number of aliphatic carboxylic acids is 1. The predicted octanol–water partition coefficient (Wildman–Crippen LogP) is 4.80. The summed E-state index contributed by atoms with van der Waals surface area (Å²) in [6.45, 7) is 2.41. The maximum absolute atomic E-state index is 11.7. The fraction of sp³-hybridized carbons (Fsp3) is 0.235. The molecule has 1 unspecified atom stereocenters. The van der Waals surface area contributed by atoms with Gasteiger partial charge in [-0.1, -0.05) is 41.4 Å². The summed E-state index contributed by atoms with van der Waals surface area (Å²) in [5, 5.41) is 10.4. The summed E-state index contributed by atoms with van der Waals surface area (Å²) >= 11 is 12.1. The summed E-state index contributed by atoms with van der Waals surface area (Å²) in [5.74, 6) is -1.04. The second-order valence-electron chi connectivity index (χ2n) is 4.80. The minimum Gasteiger partial charge on any atom is -0.494 e. The standard InChI is InChI=1S/C17H16Cl2O3/c1-2-22-16-6-4-3-5-11(16)9-14(17(20)21)13-10-12(18)7-8-15(13)19/h3-8,10,14H,2,9H2,1H3,(H,20,21). The first kappa shape index (κ1) is 16.7. The number of para-hydroxylation sites is 1. The topological polar surface area (TPSA) is 46.5 Å². The SMILES string of the molecule is CCOc1ccccc1CC(C(=O)O)c1cc(Cl)ccc1Cl. The van der Waals surface area contributed by atoms with Gasteiger partial charge < -0.3 is 9.84 Å². The van der Waals surface area contributed by atoms with Crippen LogP contribution in [0.4, 0.5) is 0 Å². The highest BCUT2D eigenvalue weighted by Gasteiger charge is 2.24. The van der Waals surface area contributed by atoms with Crippen LogP contribution >= 0.6 is 23.2 Å². The zero-order chi connectivity index (χ0) is 16.1. The molecule has 5 heteroatoms. The van der Waals surface area contributed by atoms with E-state index in [0.29, 0.717) is 28.0 Å². The molecule has 0 aliphatic heterocycles. The normalized spacial score (nSPS) is 12.0. The highest BCUT2D eigenvalue weighted by molar-refractivity contribution is 6.33. The van der Waals surface area contributed by atoms with Gasteiger partial charge in [-0.3, -0.25) is 4.79 Å². The quantitative estimate of drug-likeness (QED) is 0.822. The number of carboxylic acids is 1. The van der Waals surface area contributed by atoms with Crippen molar-refractivity contribution in [3.8, 4) is 5.75 Å². The minimum atomic E-state index is -0.949. The van der Waals surface area contributed by atoms with Gasteiger partial charge in [-0.2, -0.15) is 0 Å². The van der Waals surface area contributed by atoms with Gasteiger partial charge in [0.2, 0.25) is 0 Å². The Bertz CT molecular complexity index is 671. The van der Waals surface area contributed by atoms with Crippen molar-refractivity contribution in [3.05, 3.63) is 63.6 Å². The van der Waals surface area contributed by atoms with Crippen molar-refractivity contribution < 1.29 is 14.6 Å². The molecule has 0 bridgehead atoms. The van der Waals surface area contributed by atoms with Crippen LogP contribution in [0.15, 0.2) is 42.5 Å². The molecule has 0 spiro atoms. The average molecular weight is 339 g/mol. The van der Waals surface area contributed by atoms with Crippen molar-refractivity contribution in [3.63, 3.8) is 0 Å². The third-order valence-corrected chi connectivity index (χ3v) is 3.91. The van der Waals surface area contributed by atoms with Crippen molar-refractivity contribution >= 4 is 29.2 Å². The van der Waals surface area contributed by atoms with Crippen molar-refractivity contribution in [2.45, 2.75) is 19.3 Å². The third kappa shape index (κ3) is 3.93. The Morgan fingerprint density at radius 2 is 1.95 bits per heavy atom. The number of carbonyl (C=O) groups is 1. The van der Waals surface area contributed by atoms with Gasteiger partial charge in [0.15, 0.2) is 0 Å². The summed E-state index contributed by atoms with van der Waals surface area (Å²) in [4.78, 5) is 11.7. The van der Waals surface area contributed by atoms with Crippen LogP contribution < -0.4 is 4.74 Å². The zero-order valence-electron chi connectivity index (χ0n) is 12.1. The molecule has 0 saturated heterocycles. The number of benzene rings is 2. The number of hydrogen-bond donors (Lipinski definition) is 1. The highest BCUT2D eigenvalue weighted by Crippen LogP contribution is 2.32. The number of halogens is 2. The summed E-state index contributed by atoms with van der Waals surface area (Å²) < 4.78 is 5.56. The Balaban J connectivity index is 2.38. The van der Waals surface area contributed by atoms with E-state index in [-0.39, 0.29) is 6.42 Å². The largest absolute Gasteiger partial charge is 0.494 e. The molecule has 0 aliphatic rings. The second kappa shape index (κ2) is 7.52. The molecule has 0 heterocycles. The molecule has 1 N–H and O–H groups in total. The van der Waals surface area contributed by atoms with Crippen LogP contribution in [0, 0.1) is 0 Å². The Kier molecular flexibility index (Phi) is 5.69. The summed E-state index contributed by atoms with van der Waals surface area (Å²) in [7, 11) is 0. The van der Waals surface area contributed by atoms with Gasteiger partial charge in [-0.15, -0.1) is 0 Å². The molecule has 0 aromatic heterocycles. The van der Waals surface area contributed by atoms with E-state index in [1.807, 2.05) is 31.2 Å². The van der Waals surface area contributed by atoms with Gasteiger partial charge in [0.1, 0.15) is 5.75 Å². The molecule has 2 rings (SSSR count). The van der Waals surface area contributed by atoms with Gasteiger partial charge in [0.05, 0.1) is 12.5 Å². The number of ether oxygens (including phenoxy) is 1. The van der Waals surface area contributed by atoms with Crippen LogP contribution in [0.3, 0.4) is 0 Å². The first-order chi connectivity index (χ1) is 10.5. The molecular formula is C17H16Cl2O3. The summed E-state index contributed by atoms with van der Waals surface area (Å²) in [5.41, 5.74) is 1.33. The summed E-state index contributed by atoms with van der Waals surface area (Å²) in [6.07, 6.45) is 0.283. The van der Waals surface area contributed by atoms with Gasteiger partial charge in [0.25, 0.3) is 0 Å². The van der Waals surface area contributed by atoms with Crippen molar-refractivity contribution in [1.82, 2.24) is 0 Å². The number of hydrogen-bond acceptors (Lipinski definition) is 2. The Hall–Kier alpha value is -1.71. The molecule has 0 amide bonds. The van der Waals surface area contributed by atoms with E-state index in [1.54, 1.807) is 18.2 Å². The Labute approximate surface area is 139 Å². The van der Waals surface area contributed by atoms with E-state index in [4.69, 9.17) is 27.9 Å². The van der Waals surface area contributed by atoms with Gasteiger partial charge in [-0.25, -0.2) is 0 Å². The van der Waals surface area contributed by atoms with Gasteiger partial charge >= 0.3 is 5.97 Å². The predicted molar refractivity (Wildman–Crippen MR) is 88.2 cm³/mol. The third-order valence-electron chi connectivity index (χ3n) is 3.33. The van der Waals surface area contributed by atoms with Crippen LogP contribution in [0.25, 0.3) is 0 Å². The average Bonchev–Trinajstić information content (AvgIpc) is 2.49.